The lowest BCUT2D eigenvalue weighted by molar-refractivity contribution is 0.354. The van der Waals surface area contributed by atoms with Gasteiger partial charge in [0.05, 0.1) is 20.3 Å². The molecule has 0 saturated carbocycles. The molecule has 0 heterocycles. The Kier molecular flexibility index (Phi) is 5.12. The molecule has 0 aliphatic carbocycles. The summed E-state index contributed by atoms with van der Waals surface area (Å²) in [4.78, 5) is 2.89. The minimum atomic E-state index is -0.278. The SMILES string of the molecule is COc1ccc([C@@H](N=[N+]=[N-])[C@H](C)Br)cc1OC. The van der Waals surface area contributed by atoms with Gasteiger partial charge in [-0.2, -0.15) is 0 Å². The fourth-order valence-corrected chi connectivity index (χ4v) is 1.93. The standard InChI is InChI=1S/C11H14BrN3O2/c1-7(12)11(14-15-13)8-4-5-9(16-2)10(6-8)17-3/h4-7,11H,1-3H3/t7-,11-/m0/s1. The maximum Gasteiger partial charge on any atom is 0.160 e. The fraction of sp³-hybridized carbons (Fsp3) is 0.455. The van der Waals surface area contributed by atoms with Crippen molar-refractivity contribution in [2.24, 2.45) is 5.11 Å². The fourth-order valence-electron chi connectivity index (χ4n) is 1.52. The van der Waals surface area contributed by atoms with Crippen LogP contribution in [0.15, 0.2) is 23.3 Å². The summed E-state index contributed by atoms with van der Waals surface area (Å²) in [6.45, 7) is 1.93. The monoisotopic (exact) mass is 299 g/mol. The number of methoxy groups -OCH3 is 2. The predicted octanol–water partition coefficient (Wildman–Crippen LogP) is 3.84. The molecule has 0 fully saturated rings. The summed E-state index contributed by atoms with van der Waals surface area (Å²) in [5, 5.41) is 3.76. The maximum atomic E-state index is 8.56. The van der Waals surface area contributed by atoms with Gasteiger partial charge in [-0.05, 0) is 23.2 Å². The Labute approximate surface area is 108 Å². The average molecular weight is 300 g/mol. The first-order valence-electron chi connectivity index (χ1n) is 5.04. The molecule has 0 aliphatic rings. The van der Waals surface area contributed by atoms with Crippen LogP contribution in [0, 0.1) is 0 Å². The number of halogens is 1. The number of benzene rings is 1. The minimum absolute atomic E-state index is 0.0384. The highest BCUT2D eigenvalue weighted by Gasteiger charge is 2.17. The second-order valence-corrected chi connectivity index (χ2v) is 4.89. The smallest absolute Gasteiger partial charge is 0.160 e. The van der Waals surface area contributed by atoms with Crippen LogP contribution in [0.2, 0.25) is 0 Å². The largest absolute Gasteiger partial charge is 0.493 e. The van der Waals surface area contributed by atoms with E-state index in [1.165, 1.54) is 0 Å². The number of rotatable bonds is 5. The van der Waals surface area contributed by atoms with Crippen LogP contribution in [0.5, 0.6) is 11.5 Å². The van der Waals surface area contributed by atoms with Gasteiger partial charge in [-0.15, -0.1) is 0 Å². The van der Waals surface area contributed by atoms with E-state index in [2.05, 4.69) is 26.0 Å². The third kappa shape index (κ3) is 3.28. The first-order valence-corrected chi connectivity index (χ1v) is 5.95. The second kappa shape index (κ2) is 6.37. The summed E-state index contributed by atoms with van der Waals surface area (Å²) < 4.78 is 10.4. The first-order chi connectivity index (χ1) is 8.13. The number of alkyl halides is 1. The normalized spacial score (nSPS) is 13.4. The highest BCUT2D eigenvalue weighted by atomic mass is 79.9. The maximum absolute atomic E-state index is 8.56. The summed E-state index contributed by atoms with van der Waals surface area (Å²) >= 11 is 3.42. The van der Waals surface area contributed by atoms with Crippen LogP contribution in [0.1, 0.15) is 18.5 Å². The van der Waals surface area contributed by atoms with Gasteiger partial charge < -0.3 is 9.47 Å². The van der Waals surface area contributed by atoms with Crippen LogP contribution in [-0.4, -0.2) is 19.0 Å². The molecule has 2 atom stereocenters. The van der Waals surface area contributed by atoms with E-state index in [4.69, 9.17) is 15.0 Å². The summed E-state index contributed by atoms with van der Waals surface area (Å²) in [6, 6.07) is 5.19. The Hall–Kier alpha value is -1.39. The molecule has 0 aromatic heterocycles. The molecule has 17 heavy (non-hydrogen) atoms. The molecule has 1 aromatic rings. The van der Waals surface area contributed by atoms with Gasteiger partial charge in [0.2, 0.25) is 0 Å². The summed E-state index contributed by atoms with van der Waals surface area (Å²) in [5.41, 5.74) is 9.44. The minimum Gasteiger partial charge on any atom is -0.493 e. The Morgan fingerprint density at radius 3 is 2.41 bits per heavy atom. The van der Waals surface area contributed by atoms with Gasteiger partial charge in [0.1, 0.15) is 0 Å². The van der Waals surface area contributed by atoms with Gasteiger partial charge >= 0.3 is 0 Å². The average Bonchev–Trinajstić information content (AvgIpc) is 2.34. The van der Waals surface area contributed by atoms with Crippen LogP contribution in [0.4, 0.5) is 0 Å². The first kappa shape index (κ1) is 13.7. The number of nitrogens with zero attached hydrogens (tertiary/aromatic N) is 3. The zero-order chi connectivity index (χ0) is 12.8. The van der Waals surface area contributed by atoms with Crippen LogP contribution >= 0.6 is 15.9 Å². The lowest BCUT2D eigenvalue weighted by Gasteiger charge is -2.16. The molecule has 1 aromatic carbocycles. The van der Waals surface area contributed by atoms with Crippen LogP contribution < -0.4 is 9.47 Å². The van der Waals surface area contributed by atoms with Crippen molar-refractivity contribution < 1.29 is 9.47 Å². The molecule has 0 N–H and O–H groups in total. The molecule has 0 radical (unpaired) electrons. The Morgan fingerprint density at radius 2 is 1.94 bits per heavy atom. The van der Waals surface area contributed by atoms with E-state index in [0.717, 1.165) is 5.56 Å². The van der Waals surface area contributed by atoms with E-state index in [1.54, 1.807) is 20.3 Å². The third-order valence-corrected chi connectivity index (χ3v) is 2.86. The molecule has 0 spiro atoms. The Balaban J connectivity index is 3.16. The highest BCUT2D eigenvalue weighted by Crippen LogP contribution is 2.34. The quantitative estimate of drug-likeness (QED) is 0.359. The van der Waals surface area contributed by atoms with E-state index < -0.39 is 0 Å². The molecular weight excluding hydrogens is 286 g/mol. The molecule has 5 nitrogen and oxygen atoms in total. The number of ether oxygens (including phenoxy) is 2. The van der Waals surface area contributed by atoms with Crippen molar-refractivity contribution in [1.82, 2.24) is 0 Å². The molecule has 0 amide bonds. The topological polar surface area (TPSA) is 67.2 Å². The molecule has 0 saturated heterocycles. The van der Waals surface area contributed by atoms with Gasteiger partial charge in [0, 0.05) is 9.74 Å². The predicted molar refractivity (Wildman–Crippen MR) is 69.8 cm³/mol. The van der Waals surface area contributed by atoms with Gasteiger partial charge in [-0.3, -0.25) is 0 Å². The van der Waals surface area contributed by atoms with Crippen molar-refractivity contribution in [3.8, 4) is 11.5 Å². The summed E-state index contributed by atoms with van der Waals surface area (Å²) in [5.74, 6) is 1.27. The second-order valence-electron chi connectivity index (χ2n) is 3.44. The lowest BCUT2D eigenvalue weighted by Crippen LogP contribution is -2.06. The van der Waals surface area contributed by atoms with E-state index >= 15 is 0 Å². The third-order valence-electron chi connectivity index (χ3n) is 2.36. The molecular formula is C11H14BrN3O2. The van der Waals surface area contributed by atoms with Crippen LogP contribution in [0.25, 0.3) is 10.4 Å². The molecule has 0 aliphatic heterocycles. The van der Waals surface area contributed by atoms with Gasteiger partial charge in [-0.25, -0.2) is 0 Å². The lowest BCUT2D eigenvalue weighted by atomic mass is 10.0. The summed E-state index contributed by atoms with van der Waals surface area (Å²) in [6.07, 6.45) is 0. The van der Waals surface area contributed by atoms with Crippen molar-refractivity contribution in [2.75, 3.05) is 14.2 Å². The Bertz CT molecular complexity index is 431. The molecule has 92 valence electrons. The zero-order valence-corrected chi connectivity index (χ0v) is 11.5. The van der Waals surface area contributed by atoms with Crippen molar-refractivity contribution in [3.63, 3.8) is 0 Å². The van der Waals surface area contributed by atoms with E-state index in [-0.39, 0.29) is 10.9 Å². The summed E-state index contributed by atoms with van der Waals surface area (Å²) in [7, 11) is 3.15. The van der Waals surface area contributed by atoms with Crippen LogP contribution in [-0.2, 0) is 0 Å². The zero-order valence-electron chi connectivity index (χ0n) is 9.92. The molecule has 6 heteroatoms. The van der Waals surface area contributed by atoms with Crippen molar-refractivity contribution in [2.45, 2.75) is 17.8 Å². The van der Waals surface area contributed by atoms with Crippen molar-refractivity contribution >= 4 is 15.9 Å². The van der Waals surface area contributed by atoms with Crippen molar-refractivity contribution in [3.05, 3.63) is 34.2 Å². The molecule has 0 unspecified atom stereocenters. The number of azide groups is 1. The van der Waals surface area contributed by atoms with Crippen molar-refractivity contribution in [1.29, 1.82) is 0 Å². The van der Waals surface area contributed by atoms with Crippen LogP contribution in [0.3, 0.4) is 0 Å². The number of hydrogen-bond acceptors (Lipinski definition) is 3. The Morgan fingerprint density at radius 1 is 1.29 bits per heavy atom. The molecule has 0 bridgehead atoms. The van der Waals surface area contributed by atoms with Gasteiger partial charge in [0.25, 0.3) is 0 Å². The van der Waals surface area contributed by atoms with E-state index in [0.29, 0.717) is 11.5 Å². The highest BCUT2D eigenvalue weighted by molar-refractivity contribution is 9.09. The van der Waals surface area contributed by atoms with E-state index in [1.807, 2.05) is 19.1 Å². The van der Waals surface area contributed by atoms with Gasteiger partial charge in [-0.1, -0.05) is 34.0 Å². The van der Waals surface area contributed by atoms with E-state index in [9.17, 15) is 0 Å². The number of hydrogen-bond donors (Lipinski definition) is 0. The molecule has 1 rings (SSSR count). The van der Waals surface area contributed by atoms with Gasteiger partial charge in [0.15, 0.2) is 11.5 Å².